The zero-order valence-electron chi connectivity index (χ0n) is 7.59. The number of hydrogen-bond donors (Lipinski definition) is 1. The average Bonchev–Trinajstić information content (AvgIpc) is 2.69. The molecule has 74 valence electrons. The van der Waals surface area contributed by atoms with Gasteiger partial charge in [0.15, 0.2) is 0 Å². The van der Waals surface area contributed by atoms with Crippen LogP contribution in [0, 0.1) is 0 Å². The molecule has 0 amide bonds. The maximum Gasteiger partial charge on any atom is 0.139 e. The number of aromatic amines is 1. The van der Waals surface area contributed by atoms with Crippen LogP contribution in [-0.2, 0) is 0 Å². The summed E-state index contributed by atoms with van der Waals surface area (Å²) in [6.07, 6.45) is 1.85. The van der Waals surface area contributed by atoms with Gasteiger partial charge in [0.25, 0.3) is 0 Å². The van der Waals surface area contributed by atoms with Crippen molar-refractivity contribution in [2.75, 3.05) is 0 Å². The van der Waals surface area contributed by atoms with Gasteiger partial charge in [-0.2, -0.15) is 0 Å². The smallest absolute Gasteiger partial charge is 0.139 e. The summed E-state index contributed by atoms with van der Waals surface area (Å²) in [4.78, 5) is 7.45. The van der Waals surface area contributed by atoms with Gasteiger partial charge in [-0.05, 0) is 24.3 Å². The Bertz CT molecular complexity index is 658. The predicted octanol–water partition coefficient (Wildman–Crippen LogP) is 4.02. The third kappa shape index (κ3) is 1.29. The lowest BCUT2D eigenvalue weighted by Crippen LogP contribution is -1.82. The highest BCUT2D eigenvalue weighted by Gasteiger charge is 2.07. The number of pyridine rings is 1. The van der Waals surface area contributed by atoms with Gasteiger partial charge in [0.1, 0.15) is 5.15 Å². The van der Waals surface area contributed by atoms with E-state index in [0.29, 0.717) is 10.2 Å². The zero-order valence-corrected chi connectivity index (χ0v) is 9.10. The lowest BCUT2D eigenvalue weighted by atomic mass is 10.2. The largest absolute Gasteiger partial charge is 0.361 e. The molecule has 1 N–H and O–H groups in total. The molecule has 0 atom stereocenters. The van der Waals surface area contributed by atoms with Crippen molar-refractivity contribution in [1.29, 1.82) is 0 Å². The number of nitrogens with zero attached hydrogens (tertiary/aromatic N) is 1. The van der Waals surface area contributed by atoms with Crippen LogP contribution in [0.25, 0.3) is 21.8 Å². The minimum absolute atomic E-state index is 0.515. The summed E-state index contributed by atoms with van der Waals surface area (Å²) in [5.41, 5.74) is 1.83. The van der Waals surface area contributed by atoms with E-state index >= 15 is 0 Å². The van der Waals surface area contributed by atoms with Crippen LogP contribution in [0.2, 0.25) is 10.2 Å². The Morgan fingerprint density at radius 2 is 1.93 bits per heavy atom. The standard InChI is InChI=1S/C11H6Cl2N2/c12-6-1-2-9-8(5-6)10-7(3-4-14-10)11(13)15-9/h1-5,14H. The molecule has 0 aliphatic heterocycles. The molecular weight excluding hydrogens is 231 g/mol. The molecule has 0 bridgehead atoms. The second-order valence-electron chi connectivity index (χ2n) is 3.33. The van der Waals surface area contributed by atoms with Crippen LogP contribution in [0.4, 0.5) is 0 Å². The van der Waals surface area contributed by atoms with Crippen LogP contribution in [0.3, 0.4) is 0 Å². The van der Waals surface area contributed by atoms with Gasteiger partial charge in [0, 0.05) is 22.0 Å². The average molecular weight is 237 g/mol. The van der Waals surface area contributed by atoms with Crippen molar-refractivity contribution in [3.63, 3.8) is 0 Å². The Labute approximate surface area is 95.8 Å². The number of nitrogens with one attached hydrogen (secondary N) is 1. The number of H-pyrrole nitrogens is 1. The van der Waals surface area contributed by atoms with E-state index in [9.17, 15) is 0 Å². The zero-order chi connectivity index (χ0) is 10.4. The summed E-state index contributed by atoms with van der Waals surface area (Å²) in [6.45, 7) is 0. The Morgan fingerprint density at radius 1 is 1.07 bits per heavy atom. The Kier molecular flexibility index (Phi) is 1.87. The Hall–Kier alpha value is -1.25. The van der Waals surface area contributed by atoms with Crippen molar-refractivity contribution >= 4 is 45.0 Å². The van der Waals surface area contributed by atoms with Gasteiger partial charge in [-0.25, -0.2) is 4.98 Å². The molecule has 0 saturated carbocycles. The monoisotopic (exact) mass is 236 g/mol. The molecule has 1 aromatic carbocycles. The van der Waals surface area contributed by atoms with Gasteiger partial charge in [0.2, 0.25) is 0 Å². The van der Waals surface area contributed by atoms with E-state index in [4.69, 9.17) is 23.2 Å². The van der Waals surface area contributed by atoms with Crippen LogP contribution >= 0.6 is 23.2 Å². The third-order valence-corrected chi connectivity index (χ3v) is 2.94. The molecule has 0 aliphatic carbocycles. The molecule has 2 heterocycles. The molecule has 0 aliphatic rings. The first kappa shape index (κ1) is 9.01. The summed E-state index contributed by atoms with van der Waals surface area (Å²) in [5, 5.41) is 3.13. The lowest BCUT2D eigenvalue weighted by Gasteiger charge is -2.01. The van der Waals surface area contributed by atoms with Crippen molar-refractivity contribution in [1.82, 2.24) is 9.97 Å². The van der Waals surface area contributed by atoms with Gasteiger partial charge >= 0.3 is 0 Å². The highest BCUT2D eigenvalue weighted by Crippen LogP contribution is 2.29. The summed E-state index contributed by atoms with van der Waals surface area (Å²) < 4.78 is 0. The summed E-state index contributed by atoms with van der Waals surface area (Å²) in [6, 6.07) is 7.47. The van der Waals surface area contributed by atoms with E-state index in [1.165, 1.54) is 0 Å². The molecule has 0 saturated heterocycles. The van der Waals surface area contributed by atoms with Crippen molar-refractivity contribution in [3.8, 4) is 0 Å². The second-order valence-corrected chi connectivity index (χ2v) is 4.12. The summed E-state index contributed by atoms with van der Waals surface area (Å²) in [7, 11) is 0. The molecule has 0 unspecified atom stereocenters. The molecule has 3 aromatic rings. The van der Waals surface area contributed by atoms with E-state index in [1.54, 1.807) is 0 Å². The fourth-order valence-corrected chi connectivity index (χ4v) is 2.16. The third-order valence-electron chi connectivity index (χ3n) is 2.42. The number of aromatic nitrogens is 2. The van der Waals surface area contributed by atoms with Gasteiger partial charge in [-0.1, -0.05) is 23.2 Å². The molecule has 15 heavy (non-hydrogen) atoms. The summed E-state index contributed by atoms with van der Waals surface area (Å²) >= 11 is 12.0. The van der Waals surface area contributed by atoms with Crippen LogP contribution < -0.4 is 0 Å². The molecule has 0 radical (unpaired) electrons. The number of hydrogen-bond acceptors (Lipinski definition) is 1. The number of fused-ring (bicyclic) bond motifs is 3. The minimum atomic E-state index is 0.515. The quantitative estimate of drug-likeness (QED) is 0.587. The second kappa shape index (κ2) is 3.12. The maximum atomic E-state index is 6.05. The van der Waals surface area contributed by atoms with Crippen molar-refractivity contribution < 1.29 is 0 Å². The molecule has 2 nitrogen and oxygen atoms in total. The predicted molar refractivity (Wildman–Crippen MR) is 63.6 cm³/mol. The molecule has 0 spiro atoms. The minimum Gasteiger partial charge on any atom is -0.361 e. The number of halogens is 2. The van der Waals surface area contributed by atoms with Crippen LogP contribution in [-0.4, -0.2) is 9.97 Å². The van der Waals surface area contributed by atoms with Crippen molar-refractivity contribution in [2.45, 2.75) is 0 Å². The van der Waals surface area contributed by atoms with E-state index in [0.717, 1.165) is 21.8 Å². The first-order chi connectivity index (χ1) is 7.25. The number of benzene rings is 1. The van der Waals surface area contributed by atoms with Gasteiger partial charge in [-0.3, -0.25) is 0 Å². The summed E-state index contributed by atoms with van der Waals surface area (Å²) in [5.74, 6) is 0. The normalized spacial score (nSPS) is 11.3. The van der Waals surface area contributed by atoms with Crippen LogP contribution in [0.15, 0.2) is 30.5 Å². The molecule has 4 heteroatoms. The SMILES string of the molecule is Clc1ccc2nc(Cl)c3cc[nH]c3c2c1. The van der Waals surface area contributed by atoms with Gasteiger partial charge in [-0.15, -0.1) is 0 Å². The Morgan fingerprint density at radius 3 is 2.80 bits per heavy atom. The van der Waals surface area contributed by atoms with Gasteiger partial charge < -0.3 is 4.98 Å². The number of rotatable bonds is 0. The molecule has 2 aromatic heterocycles. The van der Waals surface area contributed by atoms with E-state index in [2.05, 4.69) is 9.97 Å². The fraction of sp³-hybridized carbons (Fsp3) is 0. The van der Waals surface area contributed by atoms with E-state index in [-0.39, 0.29) is 0 Å². The fourth-order valence-electron chi connectivity index (χ4n) is 1.74. The van der Waals surface area contributed by atoms with Crippen molar-refractivity contribution in [3.05, 3.63) is 40.6 Å². The molecule has 3 rings (SSSR count). The first-order valence-corrected chi connectivity index (χ1v) is 5.23. The molecular formula is C11H6Cl2N2. The van der Waals surface area contributed by atoms with Crippen molar-refractivity contribution in [2.24, 2.45) is 0 Å². The van der Waals surface area contributed by atoms with Crippen LogP contribution in [0.5, 0.6) is 0 Å². The topological polar surface area (TPSA) is 28.7 Å². The Balaban J connectivity index is 2.61. The highest BCUT2D eigenvalue weighted by molar-refractivity contribution is 6.36. The first-order valence-electron chi connectivity index (χ1n) is 4.47. The van der Waals surface area contributed by atoms with Crippen LogP contribution in [0.1, 0.15) is 0 Å². The van der Waals surface area contributed by atoms with E-state index in [1.807, 2.05) is 30.5 Å². The maximum absolute atomic E-state index is 6.05. The van der Waals surface area contributed by atoms with E-state index < -0.39 is 0 Å². The van der Waals surface area contributed by atoms with Gasteiger partial charge in [0.05, 0.1) is 11.0 Å². The highest BCUT2D eigenvalue weighted by atomic mass is 35.5. The lowest BCUT2D eigenvalue weighted by molar-refractivity contribution is 1.43. The molecule has 0 fully saturated rings.